The summed E-state index contributed by atoms with van der Waals surface area (Å²) in [5.74, 6) is -0.561. The molecule has 0 atom stereocenters. The van der Waals surface area contributed by atoms with Crippen LogP contribution in [-0.4, -0.2) is 26.0 Å². The number of hydroxylamine groups is 1. The van der Waals surface area contributed by atoms with Crippen molar-refractivity contribution in [2.45, 2.75) is 59.0 Å². The Labute approximate surface area is 148 Å². The Morgan fingerprint density at radius 1 is 1.28 bits per heavy atom. The first-order valence-electron chi connectivity index (χ1n) is 8.40. The molecule has 0 bridgehead atoms. The normalized spacial score (nSPS) is 12.9. The number of nitrogens with one attached hydrogen (secondary N) is 2. The SMILES string of the molecule is CC(C)(C)NCc1c(C(C)(C)C)nc2cc(C=CC(=O)NO)ccn12. The third-order valence-corrected chi connectivity index (χ3v) is 3.78. The Kier molecular flexibility index (Phi) is 5.34. The summed E-state index contributed by atoms with van der Waals surface area (Å²) >= 11 is 0. The lowest BCUT2D eigenvalue weighted by Crippen LogP contribution is -2.36. The highest BCUT2D eigenvalue weighted by Gasteiger charge is 2.24. The quantitative estimate of drug-likeness (QED) is 0.452. The second-order valence-corrected chi connectivity index (χ2v) is 8.26. The predicted molar refractivity (Wildman–Crippen MR) is 99.4 cm³/mol. The van der Waals surface area contributed by atoms with E-state index < -0.39 is 5.91 Å². The van der Waals surface area contributed by atoms with Gasteiger partial charge in [0.2, 0.25) is 0 Å². The zero-order valence-electron chi connectivity index (χ0n) is 15.8. The molecule has 2 aromatic rings. The number of aromatic nitrogens is 2. The van der Waals surface area contributed by atoms with Crippen molar-refractivity contribution in [1.29, 1.82) is 0 Å². The van der Waals surface area contributed by atoms with E-state index in [1.807, 2.05) is 18.3 Å². The van der Waals surface area contributed by atoms with Crippen molar-refractivity contribution in [3.8, 4) is 0 Å². The third-order valence-electron chi connectivity index (χ3n) is 3.78. The molecule has 0 spiro atoms. The van der Waals surface area contributed by atoms with Crippen LogP contribution in [0.15, 0.2) is 24.4 Å². The van der Waals surface area contributed by atoms with E-state index in [4.69, 9.17) is 10.2 Å². The van der Waals surface area contributed by atoms with Crippen LogP contribution < -0.4 is 10.8 Å². The van der Waals surface area contributed by atoms with E-state index in [0.29, 0.717) is 0 Å². The average Bonchev–Trinajstić information content (AvgIpc) is 2.88. The van der Waals surface area contributed by atoms with Gasteiger partial charge >= 0.3 is 0 Å². The van der Waals surface area contributed by atoms with Gasteiger partial charge in [-0.05, 0) is 44.5 Å². The lowest BCUT2D eigenvalue weighted by Gasteiger charge is -2.23. The molecule has 0 saturated carbocycles. The summed E-state index contributed by atoms with van der Waals surface area (Å²) in [7, 11) is 0. The number of carbonyl (C=O) groups is 1. The first-order valence-corrected chi connectivity index (χ1v) is 8.40. The minimum absolute atomic E-state index is 0.0135. The van der Waals surface area contributed by atoms with E-state index in [0.717, 1.165) is 29.1 Å². The van der Waals surface area contributed by atoms with Gasteiger partial charge in [0.15, 0.2) is 0 Å². The van der Waals surface area contributed by atoms with Gasteiger partial charge in [0.25, 0.3) is 5.91 Å². The fraction of sp³-hybridized carbons (Fsp3) is 0.474. The minimum Gasteiger partial charge on any atom is -0.306 e. The zero-order chi connectivity index (χ0) is 18.8. The van der Waals surface area contributed by atoms with Crippen LogP contribution >= 0.6 is 0 Å². The molecule has 0 unspecified atom stereocenters. The summed E-state index contributed by atoms with van der Waals surface area (Å²) in [4.78, 5) is 16.0. The zero-order valence-corrected chi connectivity index (χ0v) is 15.8. The maximum atomic E-state index is 11.1. The van der Waals surface area contributed by atoms with Gasteiger partial charge in [-0.1, -0.05) is 20.8 Å². The van der Waals surface area contributed by atoms with Crippen molar-refractivity contribution in [2.24, 2.45) is 0 Å². The molecular weight excluding hydrogens is 316 g/mol. The van der Waals surface area contributed by atoms with E-state index in [-0.39, 0.29) is 11.0 Å². The molecule has 3 N–H and O–H groups in total. The molecule has 0 aliphatic rings. The van der Waals surface area contributed by atoms with Gasteiger partial charge in [0, 0.05) is 29.8 Å². The van der Waals surface area contributed by atoms with Crippen molar-refractivity contribution >= 4 is 17.6 Å². The summed E-state index contributed by atoms with van der Waals surface area (Å²) in [5.41, 5.74) is 5.39. The van der Waals surface area contributed by atoms with Crippen LogP contribution in [-0.2, 0) is 16.8 Å². The molecule has 0 aromatic carbocycles. The van der Waals surface area contributed by atoms with Crippen LogP contribution in [0.5, 0.6) is 0 Å². The summed E-state index contributed by atoms with van der Waals surface area (Å²) in [5, 5.41) is 12.1. The molecule has 2 heterocycles. The molecule has 0 saturated heterocycles. The number of pyridine rings is 1. The summed E-state index contributed by atoms with van der Waals surface area (Å²) in [6.45, 7) is 13.6. The Morgan fingerprint density at radius 3 is 2.52 bits per heavy atom. The summed E-state index contributed by atoms with van der Waals surface area (Å²) < 4.78 is 2.09. The number of nitrogens with zero attached hydrogens (tertiary/aromatic N) is 2. The van der Waals surface area contributed by atoms with Crippen LogP contribution in [0.2, 0.25) is 0 Å². The van der Waals surface area contributed by atoms with Gasteiger partial charge in [-0.2, -0.15) is 0 Å². The van der Waals surface area contributed by atoms with Gasteiger partial charge in [0.05, 0.1) is 11.4 Å². The van der Waals surface area contributed by atoms with Crippen LogP contribution in [0.1, 0.15) is 58.5 Å². The molecular formula is C19H28N4O2. The summed E-state index contributed by atoms with van der Waals surface area (Å²) in [6.07, 6.45) is 4.89. The standard InChI is InChI=1S/C19H28N4O2/c1-18(2,3)17-14(12-20-19(4,5)6)23-10-9-13(11-15(23)21-17)7-8-16(24)22-25/h7-11,20,25H,12H2,1-6H3,(H,22,24). The molecule has 1 amide bonds. The maximum Gasteiger partial charge on any atom is 0.267 e. The molecule has 0 aliphatic heterocycles. The maximum absolute atomic E-state index is 11.1. The number of hydrogen-bond acceptors (Lipinski definition) is 4. The molecule has 6 nitrogen and oxygen atoms in total. The molecule has 2 rings (SSSR count). The molecule has 0 radical (unpaired) electrons. The van der Waals surface area contributed by atoms with Crippen molar-refractivity contribution in [3.63, 3.8) is 0 Å². The first kappa shape index (κ1) is 19.1. The van der Waals surface area contributed by atoms with Crippen LogP contribution in [0.3, 0.4) is 0 Å². The first-order chi connectivity index (χ1) is 11.5. The largest absolute Gasteiger partial charge is 0.306 e. The van der Waals surface area contributed by atoms with Crippen molar-refractivity contribution in [2.75, 3.05) is 0 Å². The molecule has 0 aliphatic carbocycles. The summed E-state index contributed by atoms with van der Waals surface area (Å²) in [6, 6.07) is 3.85. The Bertz CT molecular complexity index is 792. The van der Waals surface area contributed by atoms with E-state index in [1.165, 1.54) is 6.08 Å². The number of carbonyl (C=O) groups excluding carboxylic acids is 1. The van der Waals surface area contributed by atoms with Crippen LogP contribution in [0, 0.1) is 0 Å². The predicted octanol–water partition coefficient (Wildman–Crippen LogP) is 3.04. The fourth-order valence-electron chi connectivity index (χ4n) is 2.54. The highest BCUT2D eigenvalue weighted by molar-refractivity contribution is 5.90. The molecule has 136 valence electrons. The number of hydrogen-bond donors (Lipinski definition) is 3. The van der Waals surface area contributed by atoms with E-state index in [2.05, 4.69) is 51.3 Å². The van der Waals surface area contributed by atoms with Gasteiger partial charge in [0.1, 0.15) is 5.65 Å². The highest BCUT2D eigenvalue weighted by Crippen LogP contribution is 2.27. The number of amides is 1. The van der Waals surface area contributed by atoms with Gasteiger partial charge < -0.3 is 9.72 Å². The molecule has 2 aromatic heterocycles. The van der Waals surface area contributed by atoms with E-state index in [9.17, 15) is 4.79 Å². The fourth-order valence-corrected chi connectivity index (χ4v) is 2.54. The van der Waals surface area contributed by atoms with Gasteiger partial charge in [-0.15, -0.1) is 0 Å². The minimum atomic E-state index is -0.561. The Balaban J connectivity index is 2.47. The molecule has 6 heteroatoms. The topological polar surface area (TPSA) is 78.7 Å². The number of fused-ring (bicyclic) bond motifs is 1. The number of rotatable bonds is 4. The third kappa shape index (κ3) is 4.90. The lowest BCUT2D eigenvalue weighted by atomic mass is 9.90. The monoisotopic (exact) mass is 344 g/mol. The Morgan fingerprint density at radius 2 is 1.96 bits per heavy atom. The van der Waals surface area contributed by atoms with Gasteiger partial charge in [-0.3, -0.25) is 10.0 Å². The van der Waals surface area contributed by atoms with E-state index >= 15 is 0 Å². The highest BCUT2D eigenvalue weighted by atomic mass is 16.5. The smallest absolute Gasteiger partial charge is 0.267 e. The van der Waals surface area contributed by atoms with Crippen LogP contribution in [0.25, 0.3) is 11.7 Å². The average molecular weight is 344 g/mol. The van der Waals surface area contributed by atoms with Crippen molar-refractivity contribution < 1.29 is 10.0 Å². The van der Waals surface area contributed by atoms with Crippen LogP contribution in [0.4, 0.5) is 0 Å². The molecule has 25 heavy (non-hydrogen) atoms. The lowest BCUT2D eigenvalue weighted by molar-refractivity contribution is -0.124. The van der Waals surface area contributed by atoms with E-state index in [1.54, 1.807) is 11.6 Å². The molecule has 0 fully saturated rings. The second-order valence-electron chi connectivity index (χ2n) is 8.26. The second kappa shape index (κ2) is 6.98. The number of imidazole rings is 1. The van der Waals surface area contributed by atoms with Crippen molar-refractivity contribution in [1.82, 2.24) is 20.2 Å². The Hall–Kier alpha value is -2.18. The van der Waals surface area contributed by atoms with Crippen molar-refractivity contribution in [3.05, 3.63) is 41.4 Å². The van der Waals surface area contributed by atoms with Gasteiger partial charge in [-0.25, -0.2) is 10.5 Å².